The van der Waals surface area contributed by atoms with Crippen LogP contribution in [0.25, 0.3) is 0 Å². The number of thiol groups is 1. The number of benzene rings is 1. The van der Waals surface area contributed by atoms with Gasteiger partial charge < -0.3 is 5.32 Å². The maximum absolute atomic E-state index is 11.1. The lowest BCUT2D eigenvalue weighted by atomic mass is 9.95. The fourth-order valence-corrected chi connectivity index (χ4v) is 1.73. The van der Waals surface area contributed by atoms with Crippen LogP contribution in [0.1, 0.15) is 26.3 Å². The van der Waals surface area contributed by atoms with E-state index in [1.807, 2.05) is 32.0 Å². The molecule has 1 N–H and O–H groups in total. The Morgan fingerprint density at radius 1 is 1.38 bits per heavy atom. The van der Waals surface area contributed by atoms with Crippen molar-refractivity contribution < 1.29 is 4.79 Å². The molecule has 0 saturated carbocycles. The Hall–Kier alpha value is -0.960. The Labute approximate surface area is 103 Å². The van der Waals surface area contributed by atoms with Gasteiger partial charge in [-0.1, -0.05) is 30.3 Å². The number of nitrogens with one attached hydrogen (secondary N) is 1. The zero-order valence-corrected chi connectivity index (χ0v) is 10.9. The van der Waals surface area contributed by atoms with Crippen LogP contribution in [0.5, 0.6) is 0 Å². The fourth-order valence-electron chi connectivity index (χ4n) is 1.57. The van der Waals surface area contributed by atoms with Gasteiger partial charge in [-0.05, 0) is 25.8 Å². The van der Waals surface area contributed by atoms with E-state index < -0.39 is 0 Å². The van der Waals surface area contributed by atoms with Crippen LogP contribution in [0.15, 0.2) is 30.3 Å². The van der Waals surface area contributed by atoms with Gasteiger partial charge in [0.2, 0.25) is 5.91 Å². The van der Waals surface area contributed by atoms with Crippen molar-refractivity contribution in [1.82, 2.24) is 5.32 Å². The van der Waals surface area contributed by atoms with Crippen molar-refractivity contribution in [2.75, 3.05) is 0 Å². The molecule has 0 aliphatic heterocycles. The van der Waals surface area contributed by atoms with Crippen LogP contribution >= 0.6 is 12.6 Å². The van der Waals surface area contributed by atoms with Crippen molar-refractivity contribution in [2.24, 2.45) is 0 Å². The van der Waals surface area contributed by atoms with Gasteiger partial charge in [-0.2, -0.15) is 12.6 Å². The normalized spacial score (nSPS) is 13.2. The Balaban J connectivity index is 2.75. The van der Waals surface area contributed by atoms with Crippen LogP contribution in [-0.4, -0.2) is 16.7 Å². The molecule has 0 spiro atoms. The molecular formula is C13H19NOS. The Morgan fingerprint density at radius 2 is 1.94 bits per heavy atom. The second-order valence-corrected chi connectivity index (χ2v) is 5.75. The summed E-state index contributed by atoms with van der Waals surface area (Å²) in [5.74, 6) is -0.0111. The first-order valence-corrected chi connectivity index (χ1v) is 5.87. The Bertz CT molecular complexity index is 343. The topological polar surface area (TPSA) is 29.1 Å². The molecule has 0 aliphatic carbocycles. The average Bonchev–Trinajstić information content (AvgIpc) is 2.16. The van der Waals surface area contributed by atoms with E-state index in [4.69, 9.17) is 0 Å². The molecule has 1 rings (SSSR count). The average molecular weight is 237 g/mol. The lowest BCUT2D eigenvalue weighted by Crippen LogP contribution is -2.46. The molecule has 0 fully saturated rings. The highest BCUT2D eigenvalue weighted by Crippen LogP contribution is 2.21. The van der Waals surface area contributed by atoms with Crippen molar-refractivity contribution in [3.05, 3.63) is 35.9 Å². The number of hydrogen-bond acceptors (Lipinski definition) is 2. The third kappa shape index (κ3) is 4.27. The van der Waals surface area contributed by atoms with E-state index in [1.54, 1.807) is 0 Å². The van der Waals surface area contributed by atoms with Crippen LogP contribution in [0.2, 0.25) is 0 Å². The second kappa shape index (κ2) is 5.39. The number of carbonyl (C=O) groups excluding carboxylic acids is 1. The summed E-state index contributed by atoms with van der Waals surface area (Å²) in [5.41, 5.74) is 1.21. The predicted molar refractivity (Wildman–Crippen MR) is 70.8 cm³/mol. The second-order valence-electron chi connectivity index (χ2n) is 4.60. The summed E-state index contributed by atoms with van der Waals surface area (Å²) in [6.45, 7) is 5.57. The number of rotatable bonds is 4. The first-order valence-electron chi connectivity index (χ1n) is 5.43. The zero-order chi connectivity index (χ0) is 12.2. The molecule has 0 aromatic heterocycles. The number of hydrogen-bond donors (Lipinski definition) is 2. The van der Waals surface area contributed by atoms with E-state index in [0.29, 0.717) is 0 Å². The highest BCUT2D eigenvalue weighted by atomic mass is 32.1. The maximum Gasteiger partial charge on any atom is 0.217 e. The quantitative estimate of drug-likeness (QED) is 0.774. The lowest BCUT2D eigenvalue weighted by Gasteiger charge is -2.30. The molecule has 1 amide bonds. The maximum atomic E-state index is 11.1. The molecule has 0 radical (unpaired) electrons. The molecule has 1 aromatic rings. The molecule has 0 aliphatic rings. The van der Waals surface area contributed by atoms with E-state index in [1.165, 1.54) is 12.5 Å². The molecular weight excluding hydrogens is 218 g/mol. The van der Waals surface area contributed by atoms with Crippen molar-refractivity contribution in [3.63, 3.8) is 0 Å². The molecule has 3 heteroatoms. The van der Waals surface area contributed by atoms with E-state index in [9.17, 15) is 4.79 Å². The van der Waals surface area contributed by atoms with E-state index in [-0.39, 0.29) is 16.7 Å². The summed E-state index contributed by atoms with van der Waals surface area (Å²) >= 11 is 4.54. The van der Waals surface area contributed by atoms with Crippen LogP contribution in [-0.2, 0) is 11.2 Å². The Morgan fingerprint density at radius 3 is 2.38 bits per heavy atom. The monoisotopic (exact) mass is 237 g/mol. The first-order chi connectivity index (χ1) is 7.39. The van der Waals surface area contributed by atoms with Crippen LogP contribution in [0.4, 0.5) is 0 Å². The van der Waals surface area contributed by atoms with Crippen molar-refractivity contribution in [1.29, 1.82) is 0 Å². The molecule has 0 heterocycles. The highest BCUT2D eigenvalue weighted by molar-refractivity contribution is 7.81. The largest absolute Gasteiger partial charge is 0.352 e. The molecule has 1 unspecified atom stereocenters. The summed E-state index contributed by atoms with van der Waals surface area (Å²) in [5, 5.41) is 2.95. The molecule has 0 bridgehead atoms. The summed E-state index contributed by atoms with van der Waals surface area (Å²) in [6.07, 6.45) is 0.802. The van der Waals surface area contributed by atoms with E-state index >= 15 is 0 Å². The SMILES string of the molecule is CC(=O)NC(Cc1ccccc1)C(C)(C)S. The summed E-state index contributed by atoms with van der Waals surface area (Å²) < 4.78 is -0.235. The number of carbonyl (C=O) groups is 1. The van der Waals surface area contributed by atoms with Gasteiger partial charge in [0.25, 0.3) is 0 Å². The summed E-state index contributed by atoms with van der Waals surface area (Å²) in [6, 6.07) is 10.2. The van der Waals surface area contributed by atoms with Gasteiger partial charge in [-0.15, -0.1) is 0 Å². The van der Waals surface area contributed by atoms with Crippen LogP contribution in [0.3, 0.4) is 0 Å². The van der Waals surface area contributed by atoms with E-state index in [2.05, 4.69) is 30.1 Å². The minimum absolute atomic E-state index is 0.0111. The summed E-state index contributed by atoms with van der Waals surface area (Å²) in [7, 11) is 0. The minimum Gasteiger partial charge on any atom is -0.352 e. The van der Waals surface area contributed by atoms with Gasteiger partial charge in [-0.25, -0.2) is 0 Å². The zero-order valence-electron chi connectivity index (χ0n) is 10.0. The highest BCUT2D eigenvalue weighted by Gasteiger charge is 2.26. The first kappa shape index (κ1) is 13.1. The molecule has 1 atom stereocenters. The van der Waals surface area contributed by atoms with Crippen molar-refractivity contribution in [3.8, 4) is 0 Å². The molecule has 16 heavy (non-hydrogen) atoms. The van der Waals surface area contributed by atoms with Gasteiger partial charge in [0.05, 0.1) is 0 Å². The molecule has 0 saturated heterocycles. The van der Waals surface area contributed by atoms with Crippen LogP contribution < -0.4 is 5.32 Å². The standard InChI is InChI=1S/C13H19NOS/c1-10(15)14-12(13(2,3)16)9-11-7-5-4-6-8-11/h4-8,12,16H,9H2,1-3H3,(H,14,15). The third-order valence-electron chi connectivity index (χ3n) is 2.51. The number of amides is 1. The van der Waals surface area contributed by atoms with Crippen LogP contribution in [0, 0.1) is 0 Å². The smallest absolute Gasteiger partial charge is 0.217 e. The third-order valence-corrected chi connectivity index (χ3v) is 2.82. The minimum atomic E-state index is -0.235. The van der Waals surface area contributed by atoms with Crippen molar-refractivity contribution in [2.45, 2.75) is 38.0 Å². The van der Waals surface area contributed by atoms with E-state index in [0.717, 1.165) is 6.42 Å². The molecule has 1 aromatic carbocycles. The van der Waals surface area contributed by atoms with Crippen molar-refractivity contribution >= 4 is 18.5 Å². The Kier molecular flexibility index (Phi) is 4.42. The molecule has 88 valence electrons. The van der Waals surface area contributed by atoms with Gasteiger partial charge in [0.1, 0.15) is 0 Å². The lowest BCUT2D eigenvalue weighted by molar-refractivity contribution is -0.119. The van der Waals surface area contributed by atoms with Gasteiger partial charge in [0, 0.05) is 17.7 Å². The van der Waals surface area contributed by atoms with Gasteiger partial charge in [-0.3, -0.25) is 4.79 Å². The van der Waals surface area contributed by atoms with Gasteiger partial charge >= 0.3 is 0 Å². The fraction of sp³-hybridized carbons (Fsp3) is 0.462. The predicted octanol–water partition coefficient (Wildman–Crippen LogP) is 2.44. The summed E-state index contributed by atoms with van der Waals surface area (Å²) in [4.78, 5) is 11.1. The van der Waals surface area contributed by atoms with Gasteiger partial charge in [0.15, 0.2) is 0 Å². The molecule has 2 nitrogen and oxygen atoms in total.